The van der Waals surface area contributed by atoms with E-state index in [-0.39, 0.29) is 5.91 Å². The summed E-state index contributed by atoms with van der Waals surface area (Å²) in [5, 5.41) is 5.19. The SMILES string of the molecule is O=C(NCCN1CCCC1)c1cc2sccc2n1Cc1ccccc1. The van der Waals surface area contributed by atoms with E-state index in [1.54, 1.807) is 11.3 Å². The molecule has 1 saturated heterocycles. The minimum atomic E-state index is 0.0264. The molecule has 3 heterocycles. The first kappa shape index (κ1) is 16.4. The molecule has 0 saturated carbocycles. The van der Waals surface area contributed by atoms with Crippen LogP contribution in [0.4, 0.5) is 0 Å². The fourth-order valence-corrected chi connectivity index (χ4v) is 4.35. The minimum Gasteiger partial charge on any atom is -0.349 e. The van der Waals surface area contributed by atoms with Crippen LogP contribution >= 0.6 is 11.3 Å². The molecule has 0 atom stereocenters. The van der Waals surface area contributed by atoms with Crippen LogP contribution in [0.15, 0.2) is 47.8 Å². The highest BCUT2D eigenvalue weighted by Crippen LogP contribution is 2.26. The van der Waals surface area contributed by atoms with Crippen LogP contribution in [0.25, 0.3) is 10.2 Å². The molecule has 130 valence electrons. The number of thiophene rings is 1. The van der Waals surface area contributed by atoms with Crippen molar-refractivity contribution < 1.29 is 4.79 Å². The number of nitrogens with zero attached hydrogens (tertiary/aromatic N) is 2. The Kier molecular flexibility index (Phi) is 4.85. The largest absolute Gasteiger partial charge is 0.349 e. The number of carbonyl (C=O) groups is 1. The van der Waals surface area contributed by atoms with Gasteiger partial charge in [-0.2, -0.15) is 0 Å². The average molecular weight is 353 g/mol. The number of fused-ring (bicyclic) bond motifs is 1. The van der Waals surface area contributed by atoms with E-state index in [2.05, 4.69) is 38.4 Å². The summed E-state index contributed by atoms with van der Waals surface area (Å²) < 4.78 is 3.30. The van der Waals surface area contributed by atoms with Crippen molar-refractivity contribution >= 4 is 27.5 Å². The molecule has 0 spiro atoms. The number of carbonyl (C=O) groups excluding carboxylic acids is 1. The zero-order chi connectivity index (χ0) is 17.1. The lowest BCUT2D eigenvalue weighted by Gasteiger charge is -2.15. The van der Waals surface area contributed by atoms with E-state index in [0.717, 1.165) is 37.4 Å². The van der Waals surface area contributed by atoms with Crippen LogP contribution in [0, 0.1) is 0 Å². The van der Waals surface area contributed by atoms with E-state index in [1.165, 1.54) is 23.1 Å². The Morgan fingerprint density at radius 3 is 2.72 bits per heavy atom. The van der Waals surface area contributed by atoms with Gasteiger partial charge < -0.3 is 14.8 Å². The van der Waals surface area contributed by atoms with Crippen LogP contribution in [0.1, 0.15) is 28.9 Å². The number of hydrogen-bond donors (Lipinski definition) is 1. The van der Waals surface area contributed by atoms with E-state index in [4.69, 9.17) is 0 Å². The molecule has 0 aliphatic carbocycles. The van der Waals surface area contributed by atoms with Crippen LogP contribution in [0.3, 0.4) is 0 Å². The Bertz CT molecular complexity index is 846. The maximum absolute atomic E-state index is 12.8. The number of benzene rings is 1. The summed E-state index contributed by atoms with van der Waals surface area (Å²) in [4.78, 5) is 15.2. The maximum Gasteiger partial charge on any atom is 0.268 e. The fraction of sp³-hybridized carbons (Fsp3) is 0.350. The third-order valence-corrected chi connectivity index (χ3v) is 5.70. The minimum absolute atomic E-state index is 0.0264. The summed E-state index contributed by atoms with van der Waals surface area (Å²) in [7, 11) is 0. The van der Waals surface area contributed by atoms with Crippen molar-refractivity contribution in [3.63, 3.8) is 0 Å². The zero-order valence-electron chi connectivity index (χ0n) is 14.3. The molecule has 0 bridgehead atoms. The molecule has 0 radical (unpaired) electrons. The normalized spacial score (nSPS) is 15.0. The van der Waals surface area contributed by atoms with E-state index >= 15 is 0 Å². The first-order valence-electron chi connectivity index (χ1n) is 8.92. The van der Waals surface area contributed by atoms with Crippen LogP contribution in [-0.2, 0) is 6.54 Å². The van der Waals surface area contributed by atoms with E-state index in [9.17, 15) is 4.79 Å². The van der Waals surface area contributed by atoms with Crippen LogP contribution in [0.5, 0.6) is 0 Å². The molecule has 1 fully saturated rings. The van der Waals surface area contributed by atoms with Crippen LogP contribution in [-0.4, -0.2) is 41.6 Å². The monoisotopic (exact) mass is 353 g/mol. The second-order valence-electron chi connectivity index (χ2n) is 6.58. The summed E-state index contributed by atoms with van der Waals surface area (Å²) in [5.41, 5.74) is 3.10. The highest BCUT2D eigenvalue weighted by Gasteiger charge is 2.17. The molecule has 25 heavy (non-hydrogen) atoms. The molecule has 1 aromatic carbocycles. The Labute approximate surface area is 152 Å². The van der Waals surface area contributed by atoms with E-state index in [0.29, 0.717) is 6.54 Å². The fourth-order valence-electron chi connectivity index (χ4n) is 3.53. The number of aromatic nitrogens is 1. The van der Waals surface area contributed by atoms with E-state index < -0.39 is 0 Å². The quantitative estimate of drug-likeness (QED) is 0.735. The van der Waals surface area contributed by atoms with Gasteiger partial charge in [-0.05, 0) is 49.0 Å². The van der Waals surface area contributed by atoms with Crippen LogP contribution in [0.2, 0.25) is 0 Å². The maximum atomic E-state index is 12.8. The predicted molar refractivity (Wildman–Crippen MR) is 103 cm³/mol. The second-order valence-corrected chi connectivity index (χ2v) is 7.52. The van der Waals surface area contributed by atoms with Gasteiger partial charge in [0.2, 0.25) is 0 Å². The molecular weight excluding hydrogens is 330 g/mol. The number of likely N-dealkylation sites (tertiary alicyclic amines) is 1. The number of hydrogen-bond acceptors (Lipinski definition) is 3. The van der Waals surface area contributed by atoms with Crippen molar-refractivity contribution in [1.29, 1.82) is 0 Å². The predicted octanol–water partition coefficient (Wildman–Crippen LogP) is 3.58. The van der Waals surface area contributed by atoms with Crippen molar-refractivity contribution in [2.45, 2.75) is 19.4 Å². The molecule has 0 unspecified atom stereocenters. The lowest BCUT2D eigenvalue weighted by atomic mass is 10.2. The molecular formula is C20H23N3OS. The first-order valence-corrected chi connectivity index (χ1v) is 9.80. The second kappa shape index (κ2) is 7.42. The van der Waals surface area contributed by atoms with Crippen molar-refractivity contribution in [3.8, 4) is 0 Å². The molecule has 5 heteroatoms. The summed E-state index contributed by atoms with van der Waals surface area (Å²) in [5.74, 6) is 0.0264. The molecule has 1 amide bonds. The molecule has 2 aromatic heterocycles. The van der Waals surface area contributed by atoms with Crippen molar-refractivity contribution in [2.24, 2.45) is 0 Å². The lowest BCUT2D eigenvalue weighted by molar-refractivity contribution is 0.0941. The molecule has 1 aliphatic heterocycles. The Hall–Kier alpha value is -2.11. The molecule has 1 N–H and O–H groups in total. The van der Waals surface area contributed by atoms with Gasteiger partial charge in [-0.1, -0.05) is 30.3 Å². The molecule has 4 rings (SSSR count). The van der Waals surface area contributed by atoms with Gasteiger partial charge in [-0.25, -0.2) is 0 Å². The molecule has 1 aliphatic rings. The van der Waals surface area contributed by atoms with Crippen molar-refractivity contribution in [3.05, 3.63) is 59.1 Å². The van der Waals surface area contributed by atoms with Gasteiger partial charge in [0, 0.05) is 19.6 Å². The number of rotatable bonds is 6. The first-order chi connectivity index (χ1) is 12.3. The highest BCUT2D eigenvalue weighted by atomic mass is 32.1. The average Bonchev–Trinajstić information content (AvgIpc) is 3.35. The van der Waals surface area contributed by atoms with Gasteiger partial charge >= 0.3 is 0 Å². The van der Waals surface area contributed by atoms with Gasteiger partial charge in [0.15, 0.2) is 0 Å². The van der Waals surface area contributed by atoms with Gasteiger partial charge in [-0.3, -0.25) is 4.79 Å². The molecule has 3 aromatic rings. The zero-order valence-corrected chi connectivity index (χ0v) is 15.1. The van der Waals surface area contributed by atoms with Gasteiger partial charge in [0.05, 0.1) is 10.2 Å². The molecule has 4 nitrogen and oxygen atoms in total. The summed E-state index contributed by atoms with van der Waals surface area (Å²) in [6, 6.07) is 14.4. The van der Waals surface area contributed by atoms with Crippen LogP contribution < -0.4 is 5.32 Å². The van der Waals surface area contributed by atoms with Gasteiger partial charge in [0.1, 0.15) is 5.69 Å². The summed E-state index contributed by atoms with van der Waals surface area (Å²) in [6.07, 6.45) is 2.56. The van der Waals surface area contributed by atoms with Gasteiger partial charge in [0.25, 0.3) is 5.91 Å². The number of amides is 1. The lowest BCUT2D eigenvalue weighted by Crippen LogP contribution is -2.34. The smallest absolute Gasteiger partial charge is 0.268 e. The number of nitrogens with one attached hydrogen (secondary N) is 1. The third-order valence-electron chi connectivity index (χ3n) is 4.85. The summed E-state index contributed by atoms with van der Waals surface area (Å²) >= 11 is 1.69. The Morgan fingerprint density at radius 1 is 1.12 bits per heavy atom. The topological polar surface area (TPSA) is 37.3 Å². The third kappa shape index (κ3) is 3.62. The van der Waals surface area contributed by atoms with Gasteiger partial charge in [-0.15, -0.1) is 11.3 Å². The van der Waals surface area contributed by atoms with Crippen molar-refractivity contribution in [2.75, 3.05) is 26.2 Å². The highest BCUT2D eigenvalue weighted by molar-refractivity contribution is 7.17. The van der Waals surface area contributed by atoms with Crippen molar-refractivity contribution in [1.82, 2.24) is 14.8 Å². The standard InChI is InChI=1S/C20H23N3OS/c24-20(21-9-12-22-10-4-5-11-22)18-14-19-17(8-13-25-19)23(18)15-16-6-2-1-3-7-16/h1-3,6-8,13-14H,4-5,9-12,15H2,(H,21,24). The van der Waals surface area contributed by atoms with E-state index in [1.807, 2.05) is 24.3 Å². The Morgan fingerprint density at radius 2 is 1.92 bits per heavy atom. The summed E-state index contributed by atoms with van der Waals surface area (Å²) in [6.45, 7) is 4.70. The Balaban J connectivity index is 1.50.